The summed E-state index contributed by atoms with van der Waals surface area (Å²) in [4.78, 5) is 15.9. The lowest BCUT2D eigenvalue weighted by molar-refractivity contribution is -0.123. The van der Waals surface area contributed by atoms with Crippen LogP contribution in [0.5, 0.6) is 0 Å². The minimum Gasteiger partial charge on any atom is -0.354 e. The first kappa shape index (κ1) is 14.3. The third-order valence-corrected chi connectivity index (χ3v) is 3.54. The quantitative estimate of drug-likeness (QED) is 0.785. The molecule has 2 aromatic heterocycles. The van der Waals surface area contributed by atoms with Gasteiger partial charge in [0.15, 0.2) is 0 Å². The number of hydrogen-bond acceptors (Lipinski definition) is 3. The molecule has 0 saturated carbocycles. The summed E-state index contributed by atoms with van der Waals surface area (Å²) in [6.45, 7) is 6.55. The Bertz CT molecular complexity index is 539. The molecule has 0 aromatic carbocycles. The van der Waals surface area contributed by atoms with Crippen LogP contribution in [0.15, 0.2) is 18.7 Å². The Balaban J connectivity index is 1.75. The van der Waals surface area contributed by atoms with Crippen molar-refractivity contribution < 1.29 is 4.79 Å². The van der Waals surface area contributed by atoms with Gasteiger partial charge in [-0.05, 0) is 39.2 Å². The first-order valence-corrected chi connectivity index (χ1v) is 6.85. The van der Waals surface area contributed by atoms with Gasteiger partial charge in [-0.1, -0.05) is 0 Å². The van der Waals surface area contributed by atoms with Crippen molar-refractivity contribution in [1.82, 2.24) is 25.1 Å². The topological polar surface area (TPSA) is 75.6 Å². The molecule has 6 heteroatoms. The van der Waals surface area contributed by atoms with Crippen molar-refractivity contribution in [3.05, 3.63) is 35.7 Å². The van der Waals surface area contributed by atoms with Crippen LogP contribution < -0.4 is 5.32 Å². The van der Waals surface area contributed by atoms with Gasteiger partial charge in [-0.2, -0.15) is 5.10 Å². The van der Waals surface area contributed by atoms with E-state index < -0.39 is 0 Å². The van der Waals surface area contributed by atoms with Crippen LogP contribution in [0, 0.1) is 13.8 Å². The molecule has 0 unspecified atom stereocenters. The van der Waals surface area contributed by atoms with E-state index in [4.69, 9.17) is 0 Å². The van der Waals surface area contributed by atoms with Crippen LogP contribution in [0.1, 0.15) is 36.3 Å². The molecule has 0 saturated heterocycles. The standard InChI is InChI=1S/C14H21N5O/c1-10-13(11(2)18-17-10)5-4-6-16-14(20)12(3)19-8-7-15-9-19/h7-9,12H,4-6H2,1-3H3,(H,16,20)(H,17,18)/t12-/m0/s1. The Kier molecular flexibility index (Phi) is 4.55. The van der Waals surface area contributed by atoms with Crippen LogP contribution >= 0.6 is 0 Å². The van der Waals surface area contributed by atoms with Crippen molar-refractivity contribution in [3.63, 3.8) is 0 Å². The molecular weight excluding hydrogens is 254 g/mol. The number of aromatic amines is 1. The molecule has 0 aliphatic carbocycles. The zero-order valence-corrected chi connectivity index (χ0v) is 12.2. The van der Waals surface area contributed by atoms with Crippen molar-refractivity contribution in [2.24, 2.45) is 0 Å². The summed E-state index contributed by atoms with van der Waals surface area (Å²) in [5.41, 5.74) is 3.41. The SMILES string of the molecule is Cc1n[nH]c(C)c1CCCNC(=O)[C@H](C)n1ccnc1. The highest BCUT2D eigenvalue weighted by Crippen LogP contribution is 2.11. The van der Waals surface area contributed by atoms with E-state index >= 15 is 0 Å². The predicted molar refractivity (Wildman–Crippen MR) is 76.3 cm³/mol. The highest BCUT2D eigenvalue weighted by Gasteiger charge is 2.13. The summed E-state index contributed by atoms with van der Waals surface area (Å²) in [5, 5.41) is 10.1. The highest BCUT2D eigenvalue weighted by atomic mass is 16.2. The van der Waals surface area contributed by atoms with Crippen LogP contribution in [0.4, 0.5) is 0 Å². The van der Waals surface area contributed by atoms with Gasteiger partial charge in [0.05, 0.1) is 12.0 Å². The molecule has 2 N–H and O–H groups in total. The molecule has 0 aliphatic rings. The van der Waals surface area contributed by atoms with E-state index in [1.165, 1.54) is 5.56 Å². The molecule has 6 nitrogen and oxygen atoms in total. The Morgan fingerprint density at radius 3 is 2.90 bits per heavy atom. The number of aromatic nitrogens is 4. The largest absolute Gasteiger partial charge is 0.354 e. The number of rotatable bonds is 6. The number of nitrogens with one attached hydrogen (secondary N) is 2. The molecule has 2 aromatic rings. The van der Waals surface area contributed by atoms with Crippen LogP contribution in [-0.2, 0) is 11.2 Å². The second-order valence-corrected chi connectivity index (χ2v) is 4.99. The second-order valence-electron chi connectivity index (χ2n) is 4.99. The maximum Gasteiger partial charge on any atom is 0.242 e. The normalized spacial score (nSPS) is 12.3. The fraction of sp³-hybridized carbons (Fsp3) is 0.500. The summed E-state index contributed by atoms with van der Waals surface area (Å²) in [6.07, 6.45) is 6.95. The molecule has 1 amide bonds. The fourth-order valence-electron chi connectivity index (χ4n) is 2.20. The number of nitrogens with zero attached hydrogens (tertiary/aromatic N) is 3. The molecule has 20 heavy (non-hydrogen) atoms. The van der Waals surface area contributed by atoms with Gasteiger partial charge >= 0.3 is 0 Å². The van der Waals surface area contributed by atoms with Crippen LogP contribution in [0.25, 0.3) is 0 Å². The van der Waals surface area contributed by atoms with Gasteiger partial charge in [-0.25, -0.2) is 4.98 Å². The number of H-pyrrole nitrogens is 1. The van der Waals surface area contributed by atoms with Crippen LogP contribution in [-0.4, -0.2) is 32.2 Å². The third-order valence-electron chi connectivity index (χ3n) is 3.54. The molecule has 0 spiro atoms. The lowest BCUT2D eigenvalue weighted by Gasteiger charge is -2.13. The fourth-order valence-corrected chi connectivity index (χ4v) is 2.20. The summed E-state index contributed by atoms with van der Waals surface area (Å²) in [6, 6.07) is -0.227. The van der Waals surface area contributed by atoms with Gasteiger partial charge in [0.1, 0.15) is 6.04 Å². The number of carbonyl (C=O) groups is 1. The Morgan fingerprint density at radius 1 is 1.50 bits per heavy atom. The minimum absolute atomic E-state index is 0.0173. The molecule has 0 fully saturated rings. The van der Waals surface area contributed by atoms with E-state index in [2.05, 4.69) is 20.5 Å². The maximum atomic E-state index is 12.0. The monoisotopic (exact) mass is 275 g/mol. The van der Waals surface area contributed by atoms with E-state index in [0.717, 1.165) is 24.2 Å². The summed E-state index contributed by atoms with van der Waals surface area (Å²) in [5.74, 6) is 0.0173. The maximum absolute atomic E-state index is 12.0. The van der Waals surface area contributed by atoms with Gasteiger partial charge in [0.2, 0.25) is 5.91 Å². The van der Waals surface area contributed by atoms with Crippen LogP contribution in [0.2, 0.25) is 0 Å². The lowest BCUT2D eigenvalue weighted by atomic mass is 10.1. The zero-order chi connectivity index (χ0) is 14.5. The molecular formula is C14H21N5O. The molecule has 2 heterocycles. The van der Waals surface area contributed by atoms with E-state index in [1.807, 2.05) is 20.8 Å². The predicted octanol–water partition coefficient (Wildman–Crippen LogP) is 1.53. The number of hydrogen-bond donors (Lipinski definition) is 2. The molecule has 108 valence electrons. The van der Waals surface area contributed by atoms with Gasteiger partial charge in [0.25, 0.3) is 0 Å². The summed E-state index contributed by atoms with van der Waals surface area (Å²) < 4.78 is 1.79. The van der Waals surface area contributed by atoms with Crippen molar-refractivity contribution in [2.75, 3.05) is 6.54 Å². The van der Waals surface area contributed by atoms with Crippen LogP contribution in [0.3, 0.4) is 0 Å². The van der Waals surface area contributed by atoms with E-state index in [1.54, 1.807) is 23.3 Å². The first-order chi connectivity index (χ1) is 9.59. The van der Waals surface area contributed by atoms with E-state index in [-0.39, 0.29) is 11.9 Å². The Hall–Kier alpha value is -2.11. The zero-order valence-electron chi connectivity index (χ0n) is 12.2. The Morgan fingerprint density at radius 2 is 2.30 bits per heavy atom. The van der Waals surface area contributed by atoms with Gasteiger partial charge in [-0.3, -0.25) is 9.89 Å². The highest BCUT2D eigenvalue weighted by molar-refractivity contribution is 5.79. The van der Waals surface area contributed by atoms with Gasteiger partial charge in [-0.15, -0.1) is 0 Å². The number of amides is 1. The molecule has 1 atom stereocenters. The Labute approximate surface area is 118 Å². The number of carbonyl (C=O) groups excluding carboxylic acids is 1. The van der Waals surface area contributed by atoms with Crippen molar-refractivity contribution in [2.45, 2.75) is 39.7 Å². The second kappa shape index (κ2) is 6.36. The first-order valence-electron chi connectivity index (χ1n) is 6.85. The molecule has 0 aliphatic heterocycles. The minimum atomic E-state index is -0.227. The number of imidazole rings is 1. The van der Waals surface area contributed by atoms with Gasteiger partial charge in [0, 0.05) is 24.6 Å². The average Bonchev–Trinajstić information content (AvgIpc) is 3.06. The van der Waals surface area contributed by atoms with Gasteiger partial charge < -0.3 is 9.88 Å². The van der Waals surface area contributed by atoms with Crippen molar-refractivity contribution in [1.29, 1.82) is 0 Å². The summed E-state index contributed by atoms with van der Waals surface area (Å²) >= 11 is 0. The molecule has 0 bridgehead atoms. The molecule has 0 radical (unpaired) electrons. The smallest absolute Gasteiger partial charge is 0.242 e. The third kappa shape index (κ3) is 3.26. The number of aryl methyl sites for hydroxylation is 2. The van der Waals surface area contributed by atoms with E-state index in [9.17, 15) is 4.79 Å². The van der Waals surface area contributed by atoms with Crippen molar-refractivity contribution >= 4 is 5.91 Å². The lowest BCUT2D eigenvalue weighted by Crippen LogP contribution is -2.31. The molecule has 2 rings (SSSR count). The average molecular weight is 275 g/mol. The summed E-state index contributed by atoms with van der Waals surface area (Å²) in [7, 11) is 0. The van der Waals surface area contributed by atoms with Crippen molar-refractivity contribution in [3.8, 4) is 0 Å². The van der Waals surface area contributed by atoms with E-state index in [0.29, 0.717) is 6.54 Å².